The maximum absolute atomic E-state index is 13.6. The van der Waals surface area contributed by atoms with Crippen LogP contribution in [0.25, 0.3) is 0 Å². The average molecular weight is 563 g/mol. The zero-order valence-electron chi connectivity index (χ0n) is 22.0. The number of benzene rings is 2. The van der Waals surface area contributed by atoms with Crippen LogP contribution in [0, 0.1) is 0 Å². The molecule has 1 aromatic heterocycles. The molecule has 3 atom stereocenters. The molecule has 208 valence electrons. The highest BCUT2D eigenvalue weighted by molar-refractivity contribution is 7.89. The van der Waals surface area contributed by atoms with Crippen LogP contribution in [0.2, 0.25) is 0 Å². The summed E-state index contributed by atoms with van der Waals surface area (Å²) in [5, 5.41) is 2.82. The van der Waals surface area contributed by atoms with E-state index in [1.807, 2.05) is 37.3 Å². The van der Waals surface area contributed by atoms with Crippen molar-refractivity contribution in [2.45, 2.75) is 49.2 Å². The smallest absolute Gasteiger partial charge is 0.251 e. The molecule has 0 saturated carbocycles. The van der Waals surface area contributed by atoms with Gasteiger partial charge in [0.2, 0.25) is 15.9 Å². The number of amides is 2. The Morgan fingerprint density at radius 1 is 1.05 bits per heavy atom. The van der Waals surface area contributed by atoms with E-state index in [0.717, 1.165) is 0 Å². The number of pyridine rings is 1. The summed E-state index contributed by atoms with van der Waals surface area (Å²) in [6, 6.07) is 16.4. The maximum Gasteiger partial charge on any atom is 0.251 e. The molecule has 3 unspecified atom stereocenters. The molecule has 2 aliphatic heterocycles. The SMILES string of the molecule is CCCC(NC(=O)c1ccc(Oc2ccccc2)cc1)C(=O)N1CCC2C1C(=O)CN2S(=O)(=O)c1cccnc1. The number of hydrogen-bond donors (Lipinski definition) is 1. The Bertz CT molecular complexity index is 1480. The lowest BCUT2D eigenvalue weighted by molar-refractivity contribution is -0.138. The van der Waals surface area contributed by atoms with Crippen LogP contribution in [0.3, 0.4) is 0 Å². The van der Waals surface area contributed by atoms with Crippen LogP contribution < -0.4 is 10.1 Å². The van der Waals surface area contributed by atoms with Crippen molar-refractivity contribution in [1.82, 2.24) is 19.5 Å². The zero-order valence-corrected chi connectivity index (χ0v) is 22.8. The fourth-order valence-corrected chi connectivity index (χ4v) is 6.85. The van der Waals surface area contributed by atoms with E-state index in [1.165, 1.54) is 33.7 Å². The van der Waals surface area contributed by atoms with Crippen LogP contribution in [0.15, 0.2) is 84.0 Å². The standard InChI is InChI=1S/C29H30N4O6S/c1-2-7-24(31-28(35)20-11-13-22(14-12-20)39-21-8-4-3-5-9-21)29(36)32-17-15-25-27(32)26(34)19-33(25)40(37,38)23-10-6-16-30-18-23/h3-6,8-14,16,18,24-25,27H,2,7,15,17,19H2,1H3,(H,31,35). The van der Waals surface area contributed by atoms with Gasteiger partial charge >= 0.3 is 0 Å². The number of nitrogens with zero attached hydrogens (tertiary/aromatic N) is 3. The van der Waals surface area contributed by atoms with Crippen molar-refractivity contribution in [3.05, 3.63) is 84.7 Å². The minimum absolute atomic E-state index is 0.00420. The molecule has 3 aromatic rings. The van der Waals surface area contributed by atoms with Gasteiger partial charge in [-0.15, -0.1) is 0 Å². The second-order valence-electron chi connectivity index (χ2n) is 9.79. The highest BCUT2D eigenvalue weighted by atomic mass is 32.2. The molecule has 0 radical (unpaired) electrons. The third kappa shape index (κ3) is 5.47. The summed E-state index contributed by atoms with van der Waals surface area (Å²) in [6.07, 6.45) is 4.05. The van der Waals surface area contributed by atoms with E-state index in [1.54, 1.807) is 24.3 Å². The first-order chi connectivity index (χ1) is 19.3. The third-order valence-electron chi connectivity index (χ3n) is 7.18. The van der Waals surface area contributed by atoms with Gasteiger partial charge in [0.15, 0.2) is 5.78 Å². The molecular weight excluding hydrogens is 532 g/mol. The van der Waals surface area contributed by atoms with E-state index in [4.69, 9.17) is 4.74 Å². The number of fused-ring (bicyclic) bond motifs is 1. The third-order valence-corrected chi connectivity index (χ3v) is 9.03. The maximum atomic E-state index is 13.6. The predicted octanol–water partition coefficient (Wildman–Crippen LogP) is 3.02. The minimum Gasteiger partial charge on any atom is -0.457 e. The summed E-state index contributed by atoms with van der Waals surface area (Å²) >= 11 is 0. The summed E-state index contributed by atoms with van der Waals surface area (Å²) in [5.74, 6) is 0.0926. The number of hydrogen-bond acceptors (Lipinski definition) is 7. The van der Waals surface area contributed by atoms with Crippen LogP contribution in [-0.4, -0.2) is 71.4 Å². The highest BCUT2D eigenvalue weighted by Gasteiger charge is 2.54. The number of likely N-dealkylation sites (tertiary alicyclic amines) is 1. The highest BCUT2D eigenvalue weighted by Crippen LogP contribution is 2.34. The van der Waals surface area contributed by atoms with Gasteiger partial charge in [0.25, 0.3) is 5.91 Å². The summed E-state index contributed by atoms with van der Waals surface area (Å²) in [7, 11) is -3.95. The first-order valence-corrected chi connectivity index (χ1v) is 14.6. The molecule has 0 aliphatic carbocycles. The molecule has 5 rings (SSSR count). The summed E-state index contributed by atoms with van der Waals surface area (Å²) in [6.45, 7) is 1.82. The van der Waals surface area contributed by atoms with Crippen molar-refractivity contribution in [2.24, 2.45) is 0 Å². The quantitative estimate of drug-likeness (QED) is 0.425. The van der Waals surface area contributed by atoms with Crippen molar-refractivity contribution in [3.8, 4) is 11.5 Å². The zero-order chi connectivity index (χ0) is 28.3. The molecule has 2 saturated heterocycles. The average Bonchev–Trinajstić information content (AvgIpc) is 3.55. The molecule has 0 bridgehead atoms. The van der Waals surface area contributed by atoms with Crippen molar-refractivity contribution < 1.29 is 27.5 Å². The monoisotopic (exact) mass is 562 g/mol. The molecule has 3 heterocycles. The number of para-hydroxylation sites is 1. The van der Waals surface area contributed by atoms with E-state index in [0.29, 0.717) is 36.3 Å². The predicted molar refractivity (Wildman–Crippen MR) is 146 cm³/mol. The van der Waals surface area contributed by atoms with E-state index >= 15 is 0 Å². The van der Waals surface area contributed by atoms with Crippen molar-refractivity contribution in [3.63, 3.8) is 0 Å². The number of nitrogens with one attached hydrogen (secondary N) is 1. The van der Waals surface area contributed by atoms with Gasteiger partial charge in [-0.25, -0.2) is 8.42 Å². The second-order valence-corrected chi connectivity index (χ2v) is 11.7. The van der Waals surface area contributed by atoms with E-state index in [-0.39, 0.29) is 29.7 Å². The molecule has 2 aliphatic rings. The largest absolute Gasteiger partial charge is 0.457 e. The van der Waals surface area contributed by atoms with E-state index in [9.17, 15) is 22.8 Å². The Hall–Kier alpha value is -4.09. The van der Waals surface area contributed by atoms with Gasteiger partial charge in [0.05, 0.1) is 12.6 Å². The lowest BCUT2D eigenvalue weighted by Crippen LogP contribution is -2.52. The number of Topliss-reactive ketones (excluding diaryl/α,β-unsaturated/α-hetero) is 1. The van der Waals surface area contributed by atoms with Gasteiger partial charge < -0.3 is 15.0 Å². The Labute approximate surface area is 233 Å². The molecule has 10 nitrogen and oxygen atoms in total. The van der Waals surface area contributed by atoms with Crippen LogP contribution in [-0.2, 0) is 19.6 Å². The van der Waals surface area contributed by atoms with Gasteiger partial charge in [-0.05, 0) is 61.4 Å². The fourth-order valence-electron chi connectivity index (χ4n) is 5.26. The molecular formula is C29H30N4O6S. The topological polar surface area (TPSA) is 126 Å². The lowest BCUT2D eigenvalue weighted by Gasteiger charge is -2.28. The number of sulfonamides is 1. The van der Waals surface area contributed by atoms with Gasteiger partial charge in [-0.3, -0.25) is 19.4 Å². The normalized spacial score (nSPS) is 19.7. The molecule has 11 heteroatoms. The summed E-state index contributed by atoms with van der Waals surface area (Å²) in [4.78, 5) is 45.1. The van der Waals surface area contributed by atoms with Crippen molar-refractivity contribution in [2.75, 3.05) is 13.1 Å². The van der Waals surface area contributed by atoms with Crippen LogP contribution in [0.1, 0.15) is 36.5 Å². The van der Waals surface area contributed by atoms with Crippen molar-refractivity contribution >= 4 is 27.6 Å². The second kappa shape index (κ2) is 11.6. The number of rotatable bonds is 9. The Morgan fingerprint density at radius 2 is 1.77 bits per heavy atom. The summed E-state index contributed by atoms with van der Waals surface area (Å²) < 4.78 is 33.4. The van der Waals surface area contributed by atoms with Crippen molar-refractivity contribution in [1.29, 1.82) is 0 Å². The van der Waals surface area contributed by atoms with Gasteiger partial charge in [0.1, 0.15) is 28.5 Å². The van der Waals surface area contributed by atoms with Gasteiger partial charge in [-0.2, -0.15) is 4.31 Å². The number of carbonyl (C=O) groups is 3. The first-order valence-electron chi connectivity index (χ1n) is 13.2. The molecule has 40 heavy (non-hydrogen) atoms. The number of carbonyl (C=O) groups excluding carboxylic acids is 3. The van der Waals surface area contributed by atoms with Crippen LogP contribution in [0.5, 0.6) is 11.5 Å². The number of aromatic nitrogens is 1. The Morgan fingerprint density at radius 3 is 2.45 bits per heavy atom. The van der Waals surface area contributed by atoms with Crippen LogP contribution in [0.4, 0.5) is 0 Å². The van der Waals surface area contributed by atoms with Gasteiger partial charge in [-0.1, -0.05) is 31.5 Å². The van der Waals surface area contributed by atoms with Gasteiger partial charge in [0, 0.05) is 24.5 Å². The molecule has 1 N–H and O–H groups in total. The Balaban J connectivity index is 1.27. The lowest BCUT2D eigenvalue weighted by atomic mass is 10.1. The number of ether oxygens (including phenoxy) is 1. The first kappa shape index (κ1) is 27.5. The minimum atomic E-state index is -3.95. The molecule has 2 fully saturated rings. The molecule has 2 amide bonds. The fraction of sp³-hybridized carbons (Fsp3) is 0.310. The molecule has 0 spiro atoms. The molecule has 2 aromatic carbocycles. The van der Waals surface area contributed by atoms with E-state index in [2.05, 4.69) is 10.3 Å². The van der Waals surface area contributed by atoms with Crippen LogP contribution >= 0.6 is 0 Å². The van der Waals surface area contributed by atoms with E-state index < -0.39 is 34.1 Å². The summed E-state index contributed by atoms with van der Waals surface area (Å²) in [5.41, 5.74) is 0.360. The number of ketones is 1. The Kier molecular flexibility index (Phi) is 7.95.